The maximum absolute atomic E-state index is 13.4. The van der Waals surface area contributed by atoms with Gasteiger partial charge < -0.3 is 4.74 Å². The molecule has 144 valence electrons. The molecule has 0 fully saturated rings. The minimum absolute atomic E-state index is 0.101. The van der Waals surface area contributed by atoms with E-state index in [-0.39, 0.29) is 5.56 Å². The third kappa shape index (κ3) is 4.00. The quantitative estimate of drug-likeness (QED) is 0.407. The number of rotatable bonds is 4. The second-order valence-corrected chi connectivity index (χ2v) is 7.63. The molecule has 0 atom stereocenters. The van der Waals surface area contributed by atoms with Crippen LogP contribution in [0.4, 0.5) is 0 Å². The van der Waals surface area contributed by atoms with Crippen molar-refractivity contribution in [2.45, 2.75) is 6.92 Å². The predicted octanol–water partition coefficient (Wildman–Crippen LogP) is 5.64. The van der Waals surface area contributed by atoms with Crippen molar-refractivity contribution in [1.82, 2.24) is 9.55 Å². The summed E-state index contributed by atoms with van der Waals surface area (Å²) >= 11 is 3.45. The number of aromatic nitrogens is 2. The Labute approximate surface area is 177 Å². The van der Waals surface area contributed by atoms with Crippen molar-refractivity contribution in [3.63, 3.8) is 0 Å². The van der Waals surface area contributed by atoms with Gasteiger partial charge in [0.1, 0.15) is 11.6 Å². The first-order chi connectivity index (χ1) is 14.0. The molecule has 0 amide bonds. The van der Waals surface area contributed by atoms with E-state index in [1.807, 2.05) is 85.8 Å². The lowest BCUT2D eigenvalue weighted by Gasteiger charge is -2.12. The third-order valence-corrected chi connectivity index (χ3v) is 5.15. The van der Waals surface area contributed by atoms with Crippen molar-refractivity contribution in [3.8, 4) is 11.4 Å². The molecule has 0 aliphatic rings. The Kier molecular flexibility index (Phi) is 5.32. The summed E-state index contributed by atoms with van der Waals surface area (Å²) < 4.78 is 7.71. The van der Waals surface area contributed by atoms with E-state index in [2.05, 4.69) is 15.9 Å². The first kappa shape index (κ1) is 19.2. The van der Waals surface area contributed by atoms with Crippen LogP contribution in [0.3, 0.4) is 0 Å². The highest BCUT2D eigenvalue weighted by Gasteiger charge is 2.12. The standard InChI is InChI=1S/C24H19BrN2O2/c1-16-4-3-5-19(14-16)27-23(13-8-17-6-10-20(29-2)11-7-17)26-22-12-9-18(25)15-21(22)24(27)28/h3-15H,1-2H3/b13-8+. The van der Waals surface area contributed by atoms with E-state index in [1.54, 1.807) is 11.7 Å². The molecule has 0 unspecified atom stereocenters. The molecule has 0 radical (unpaired) electrons. The second-order valence-electron chi connectivity index (χ2n) is 6.72. The zero-order valence-electron chi connectivity index (χ0n) is 16.1. The second kappa shape index (κ2) is 8.05. The van der Waals surface area contributed by atoms with Crippen LogP contribution in [-0.4, -0.2) is 16.7 Å². The normalized spacial score (nSPS) is 11.3. The van der Waals surface area contributed by atoms with Crippen LogP contribution in [0.1, 0.15) is 17.0 Å². The van der Waals surface area contributed by atoms with Crippen LogP contribution in [0, 0.1) is 6.92 Å². The number of nitrogens with zero attached hydrogens (tertiary/aromatic N) is 2. The highest BCUT2D eigenvalue weighted by atomic mass is 79.9. The monoisotopic (exact) mass is 446 g/mol. The number of aryl methyl sites for hydroxylation is 1. The molecule has 0 saturated heterocycles. The molecule has 0 aliphatic carbocycles. The van der Waals surface area contributed by atoms with Gasteiger partial charge in [0.25, 0.3) is 5.56 Å². The van der Waals surface area contributed by atoms with Crippen LogP contribution in [-0.2, 0) is 0 Å². The van der Waals surface area contributed by atoms with Gasteiger partial charge in [-0.2, -0.15) is 0 Å². The SMILES string of the molecule is COc1ccc(/C=C/c2nc3ccc(Br)cc3c(=O)n2-c2cccc(C)c2)cc1. The average molecular weight is 447 g/mol. The van der Waals surface area contributed by atoms with Gasteiger partial charge >= 0.3 is 0 Å². The van der Waals surface area contributed by atoms with Gasteiger partial charge in [-0.3, -0.25) is 9.36 Å². The van der Waals surface area contributed by atoms with Gasteiger partial charge in [0.2, 0.25) is 0 Å². The molecule has 5 heteroatoms. The highest BCUT2D eigenvalue weighted by molar-refractivity contribution is 9.10. The van der Waals surface area contributed by atoms with Crippen LogP contribution < -0.4 is 10.3 Å². The van der Waals surface area contributed by atoms with Gasteiger partial charge in [0.05, 0.1) is 23.7 Å². The molecular weight excluding hydrogens is 428 g/mol. The largest absolute Gasteiger partial charge is 0.497 e. The molecule has 3 aromatic carbocycles. The lowest BCUT2D eigenvalue weighted by atomic mass is 10.1. The number of halogens is 1. The molecule has 4 aromatic rings. The number of ether oxygens (including phenoxy) is 1. The van der Waals surface area contributed by atoms with Crippen molar-refractivity contribution in [3.05, 3.63) is 98.5 Å². The van der Waals surface area contributed by atoms with Crippen LogP contribution in [0.5, 0.6) is 5.75 Å². The van der Waals surface area contributed by atoms with E-state index in [4.69, 9.17) is 9.72 Å². The fourth-order valence-electron chi connectivity index (χ4n) is 3.19. The summed E-state index contributed by atoms with van der Waals surface area (Å²) in [5.41, 5.74) is 3.42. The van der Waals surface area contributed by atoms with Gasteiger partial charge in [-0.05, 0) is 66.6 Å². The minimum atomic E-state index is -0.101. The molecule has 0 N–H and O–H groups in total. The predicted molar refractivity (Wildman–Crippen MR) is 122 cm³/mol. The summed E-state index contributed by atoms with van der Waals surface area (Å²) in [4.78, 5) is 18.1. The van der Waals surface area contributed by atoms with Gasteiger partial charge in [-0.15, -0.1) is 0 Å². The first-order valence-electron chi connectivity index (χ1n) is 9.16. The molecule has 4 nitrogen and oxygen atoms in total. The van der Waals surface area contributed by atoms with Gasteiger partial charge in [0, 0.05) is 4.47 Å². The minimum Gasteiger partial charge on any atom is -0.497 e. The first-order valence-corrected chi connectivity index (χ1v) is 9.96. The van der Waals surface area contributed by atoms with Gasteiger partial charge in [-0.1, -0.05) is 46.3 Å². The van der Waals surface area contributed by atoms with Crippen LogP contribution in [0.15, 0.2) is 76.0 Å². The van der Waals surface area contributed by atoms with Crippen molar-refractivity contribution < 1.29 is 4.74 Å². The fourth-order valence-corrected chi connectivity index (χ4v) is 3.55. The van der Waals surface area contributed by atoms with Crippen molar-refractivity contribution in [2.75, 3.05) is 7.11 Å². The van der Waals surface area contributed by atoms with Crippen molar-refractivity contribution >= 4 is 39.0 Å². The number of fused-ring (bicyclic) bond motifs is 1. The molecule has 4 rings (SSSR count). The Morgan fingerprint density at radius 1 is 1.00 bits per heavy atom. The van der Waals surface area contributed by atoms with Crippen molar-refractivity contribution in [1.29, 1.82) is 0 Å². The van der Waals surface area contributed by atoms with Crippen LogP contribution in [0.25, 0.3) is 28.7 Å². The van der Waals surface area contributed by atoms with E-state index in [0.717, 1.165) is 27.0 Å². The Bertz CT molecular complexity index is 1270. The Morgan fingerprint density at radius 3 is 2.52 bits per heavy atom. The summed E-state index contributed by atoms with van der Waals surface area (Å²) in [6, 6.07) is 21.1. The van der Waals surface area contributed by atoms with E-state index in [0.29, 0.717) is 16.7 Å². The van der Waals surface area contributed by atoms with E-state index < -0.39 is 0 Å². The highest BCUT2D eigenvalue weighted by Crippen LogP contribution is 2.20. The maximum atomic E-state index is 13.4. The molecule has 0 aliphatic heterocycles. The van der Waals surface area contributed by atoms with Gasteiger partial charge in [-0.25, -0.2) is 4.98 Å². The number of hydrogen-bond donors (Lipinski definition) is 0. The maximum Gasteiger partial charge on any atom is 0.266 e. The summed E-state index contributed by atoms with van der Waals surface area (Å²) in [5.74, 6) is 1.37. The summed E-state index contributed by atoms with van der Waals surface area (Å²) in [6.07, 6.45) is 3.81. The van der Waals surface area contributed by atoms with Crippen LogP contribution >= 0.6 is 15.9 Å². The zero-order chi connectivity index (χ0) is 20.4. The zero-order valence-corrected chi connectivity index (χ0v) is 17.7. The van der Waals surface area contributed by atoms with E-state index in [9.17, 15) is 4.79 Å². The lowest BCUT2D eigenvalue weighted by molar-refractivity contribution is 0.415. The lowest BCUT2D eigenvalue weighted by Crippen LogP contribution is -2.22. The molecular formula is C24H19BrN2O2. The summed E-state index contributed by atoms with van der Waals surface area (Å²) in [5, 5.41) is 0.572. The molecule has 0 spiro atoms. The molecule has 29 heavy (non-hydrogen) atoms. The molecule has 1 aromatic heterocycles. The van der Waals surface area contributed by atoms with Gasteiger partial charge in [0.15, 0.2) is 0 Å². The van der Waals surface area contributed by atoms with Crippen molar-refractivity contribution in [2.24, 2.45) is 0 Å². The Hall–Kier alpha value is -3.18. The molecule has 1 heterocycles. The van der Waals surface area contributed by atoms with E-state index in [1.165, 1.54) is 0 Å². The van der Waals surface area contributed by atoms with E-state index >= 15 is 0 Å². The number of benzene rings is 3. The summed E-state index contributed by atoms with van der Waals surface area (Å²) in [7, 11) is 1.64. The Balaban J connectivity index is 1.91. The summed E-state index contributed by atoms with van der Waals surface area (Å²) in [6.45, 7) is 2.01. The number of hydrogen-bond acceptors (Lipinski definition) is 3. The topological polar surface area (TPSA) is 44.1 Å². The fraction of sp³-hybridized carbons (Fsp3) is 0.0833. The molecule has 0 saturated carbocycles. The third-order valence-electron chi connectivity index (χ3n) is 4.66. The van der Waals surface area contributed by atoms with Crippen LogP contribution in [0.2, 0.25) is 0 Å². The Morgan fingerprint density at radius 2 is 1.79 bits per heavy atom. The molecule has 0 bridgehead atoms. The smallest absolute Gasteiger partial charge is 0.266 e. The number of methoxy groups -OCH3 is 1. The average Bonchev–Trinajstić information content (AvgIpc) is 2.73.